The first kappa shape index (κ1) is 25.9. The molecule has 1 aliphatic carbocycles. The highest BCUT2D eigenvalue weighted by molar-refractivity contribution is 6.42. The van der Waals surface area contributed by atoms with E-state index in [2.05, 4.69) is 24.5 Å². The number of fused-ring (bicyclic) bond motifs is 1. The summed E-state index contributed by atoms with van der Waals surface area (Å²) < 4.78 is 0. The Morgan fingerprint density at radius 2 is 1.59 bits per heavy atom. The number of nitrogens with one attached hydrogen (secondary N) is 2. The van der Waals surface area contributed by atoms with E-state index in [-0.39, 0.29) is 11.2 Å². The topological polar surface area (TPSA) is 61.4 Å². The highest BCUT2D eigenvalue weighted by Crippen LogP contribution is 2.49. The average Bonchev–Trinajstić information content (AvgIpc) is 2.96. The van der Waals surface area contributed by atoms with Gasteiger partial charge >= 0.3 is 6.03 Å². The molecule has 2 amide bonds. The molecule has 3 aromatic rings. The highest BCUT2D eigenvalue weighted by Gasteiger charge is 2.43. The van der Waals surface area contributed by atoms with Gasteiger partial charge < -0.3 is 10.6 Å². The van der Waals surface area contributed by atoms with Gasteiger partial charge in [-0.05, 0) is 59.9 Å². The predicted octanol–water partition coefficient (Wildman–Crippen LogP) is 9.15. The fourth-order valence-electron chi connectivity index (χ4n) is 4.97. The molecule has 0 radical (unpaired) electrons. The van der Waals surface area contributed by atoms with Crippen LogP contribution in [-0.2, 0) is 4.79 Å². The molecule has 5 nitrogen and oxygen atoms in total. The van der Waals surface area contributed by atoms with Crippen LogP contribution in [0.4, 0.5) is 21.9 Å². The lowest BCUT2D eigenvalue weighted by Crippen LogP contribution is -2.41. The second kappa shape index (κ2) is 9.88. The van der Waals surface area contributed by atoms with Crippen LogP contribution < -0.4 is 15.5 Å². The fraction of sp³-hybridized carbons (Fsp3) is 0.214. The highest BCUT2D eigenvalue weighted by atomic mass is 35.5. The molecule has 1 aliphatic heterocycles. The van der Waals surface area contributed by atoms with Crippen LogP contribution in [-0.4, -0.2) is 11.8 Å². The summed E-state index contributed by atoms with van der Waals surface area (Å²) in [4.78, 5) is 29.4. The first-order valence-corrected chi connectivity index (χ1v) is 13.2. The molecule has 5 rings (SSSR count). The number of allylic oxidation sites excluding steroid dienone is 1. The Morgan fingerprint density at radius 3 is 2.30 bits per heavy atom. The number of amides is 2. The van der Waals surface area contributed by atoms with Crippen LogP contribution in [0.3, 0.4) is 0 Å². The predicted molar refractivity (Wildman–Crippen MR) is 152 cm³/mol. The molecular weight excluding hydrogens is 552 g/mol. The molecule has 37 heavy (non-hydrogen) atoms. The van der Waals surface area contributed by atoms with E-state index in [0.29, 0.717) is 61.1 Å². The van der Waals surface area contributed by atoms with Crippen molar-refractivity contribution in [3.05, 3.63) is 97.6 Å². The number of hydrogen-bond donors (Lipinski definition) is 2. The second-order valence-corrected chi connectivity index (χ2v) is 11.6. The lowest BCUT2D eigenvalue weighted by molar-refractivity contribution is -0.118. The lowest BCUT2D eigenvalue weighted by atomic mass is 9.73. The number of ketones is 1. The number of anilines is 3. The maximum atomic E-state index is 14.0. The molecule has 0 aromatic heterocycles. The third-order valence-corrected chi connectivity index (χ3v) is 8.03. The zero-order valence-corrected chi connectivity index (χ0v) is 23.1. The van der Waals surface area contributed by atoms with Crippen LogP contribution in [0, 0.1) is 5.41 Å². The quantitative estimate of drug-likeness (QED) is 0.321. The van der Waals surface area contributed by atoms with Crippen molar-refractivity contribution in [3.63, 3.8) is 0 Å². The molecule has 9 heteroatoms. The summed E-state index contributed by atoms with van der Waals surface area (Å²) in [6, 6.07) is 16.3. The number of benzene rings is 3. The third-order valence-electron chi connectivity index (χ3n) is 6.55. The zero-order chi connectivity index (χ0) is 26.5. The summed E-state index contributed by atoms with van der Waals surface area (Å²) in [7, 11) is 0. The van der Waals surface area contributed by atoms with Gasteiger partial charge in [0.15, 0.2) is 5.78 Å². The van der Waals surface area contributed by atoms with E-state index in [0.717, 1.165) is 5.70 Å². The Hall–Kier alpha value is -2.70. The Labute approximate surface area is 235 Å². The average molecular weight is 575 g/mol. The lowest BCUT2D eigenvalue weighted by Gasteiger charge is -2.37. The molecule has 0 bridgehead atoms. The molecule has 0 spiro atoms. The number of halogens is 4. The largest absolute Gasteiger partial charge is 0.357 e. The summed E-state index contributed by atoms with van der Waals surface area (Å²) in [6.45, 7) is 4.13. The number of carbonyl (C=O) groups is 2. The maximum absolute atomic E-state index is 14.0. The molecule has 190 valence electrons. The van der Waals surface area contributed by atoms with Gasteiger partial charge in [-0.3, -0.25) is 9.69 Å². The van der Waals surface area contributed by atoms with Crippen molar-refractivity contribution in [2.24, 2.45) is 5.41 Å². The van der Waals surface area contributed by atoms with Crippen LogP contribution in [0.1, 0.15) is 38.3 Å². The van der Waals surface area contributed by atoms with Crippen LogP contribution in [0.5, 0.6) is 0 Å². The first-order valence-electron chi connectivity index (χ1n) is 11.7. The van der Waals surface area contributed by atoms with Crippen LogP contribution >= 0.6 is 46.4 Å². The van der Waals surface area contributed by atoms with Gasteiger partial charge in [0, 0.05) is 23.4 Å². The second-order valence-electron chi connectivity index (χ2n) is 9.98. The molecule has 0 saturated heterocycles. The summed E-state index contributed by atoms with van der Waals surface area (Å²) in [5.41, 5.74) is 3.53. The SMILES string of the molecule is CC1(C)CC(=O)C2=C(C1)Nc1ccccc1N(C(=O)Nc1ccc(Cl)c(Cl)c1)[C@@H]2c1ccc(Cl)c(Cl)c1. The number of hydrogen-bond acceptors (Lipinski definition) is 3. The minimum absolute atomic E-state index is 0.0324. The molecule has 2 aliphatic rings. The van der Waals surface area contributed by atoms with Crippen LogP contribution in [0.25, 0.3) is 0 Å². The molecule has 0 fully saturated rings. The minimum atomic E-state index is -0.757. The van der Waals surface area contributed by atoms with E-state index < -0.39 is 12.1 Å². The summed E-state index contributed by atoms with van der Waals surface area (Å²) >= 11 is 24.9. The minimum Gasteiger partial charge on any atom is -0.357 e. The van der Waals surface area contributed by atoms with Gasteiger partial charge in [-0.2, -0.15) is 0 Å². The van der Waals surface area contributed by atoms with Gasteiger partial charge in [-0.25, -0.2) is 4.79 Å². The summed E-state index contributed by atoms with van der Waals surface area (Å²) in [6.07, 6.45) is 0.992. The van der Waals surface area contributed by atoms with E-state index in [4.69, 9.17) is 46.4 Å². The van der Waals surface area contributed by atoms with Gasteiger partial charge in [0.05, 0.1) is 37.5 Å². The van der Waals surface area contributed by atoms with Gasteiger partial charge in [0.2, 0.25) is 0 Å². The van der Waals surface area contributed by atoms with Crippen molar-refractivity contribution in [2.45, 2.75) is 32.7 Å². The number of Topliss-reactive ketones (excluding diaryl/α,β-unsaturated/α-hetero) is 1. The molecule has 3 aromatic carbocycles. The summed E-state index contributed by atoms with van der Waals surface area (Å²) in [5, 5.41) is 7.81. The van der Waals surface area contributed by atoms with Crippen LogP contribution in [0.15, 0.2) is 71.9 Å². The zero-order valence-electron chi connectivity index (χ0n) is 20.0. The van der Waals surface area contributed by atoms with E-state index in [9.17, 15) is 9.59 Å². The van der Waals surface area contributed by atoms with Gasteiger partial charge in [0.1, 0.15) is 0 Å². The molecular formula is C28H23Cl4N3O2. The number of carbonyl (C=O) groups excluding carboxylic acids is 2. The number of nitrogens with zero attached hydrogens (tertiary/aromatic N) is 1. The Kier molecular flexibility index (Phi) is 6.92. The Bertz CT molecular complexity index is 1470. The van der Waals surface area contributed by atoms with E-state index in [1.165, 1.54) is 0 Å². The fourth-order valence-corrected chi connectivity index (χ4v) is 5.57. The van der Waals surface area contributed by atoms with Gasteiger partial charge in [-0.1, -0.05) is 78.5 Å². The first-order chi connectivity index (χ1) is 17.5. The van der Waals surface area contributed by atoms with E-state index in [1.54, 1.807) is 41.3 Å². The smallest absolute Gasteiger partial charge is 0.327 e. The summed E-state index contributed by atoms with van der Waals surface area (Å²) in [5.74, 6) is -0.0324. The monoisotopic (exact) mass is 573 g/mol. The Morgan fingerprint density at radius 1 is 0.919 bits per heavy atom. The van der Waals surface area contributed by atoms with Crippen molar-refractivity contribution in [2.75, 3.05) is 15.5 Å². The number of para-hydroxylation sites is 2. The van der Waals surface area contributed by atoms with Crippen molar-refractivity contribution in [1.29, 1.82) is 0 Å². The molecule has 2 N–H and O–H groups in total. The molecule has 0 saturated carbocycles. The van der Waals surface area contributed by atoms with Crippen molar-refractivity contribution < 1.29 is 9.59 Å². The van der Waals surface area contributed by atoms with Crippen molar-refractivity contribution >= 4 is 75.3 Å². The van der Waals surface area contributed by atoms with Gasteiger partial charge in [-0.15, -0.1) is 0 Å². The van der Waals surface area contributed by atoms with Crippen molar-refractivity contribution in [3.8, 4) is 0 Å². The number of urea groups is 1. The Balaban J connectivity index is 1.72. The third kappa shape index (κ3) is 5.06. The van der Waals surface area contributed by atoms with E-state index >= 15 is 0 Å². The molecule has 0 unspecified atom stereocenters. The van der Waals surface area contributed by atoms with Gasteiger partial charge in [0.25, 0.3) is 0 Å². The normalized spacial score (nSPS) is 18.5. The van der Waals surface area contributed by atoms with E-state index in [1.807, 2.05) is 24.3 Å². The molecule has 1 heterocycles. The van der Waals surface area contributed by atoms with Crippen LogP contribution in [0.2, 0.25) is 20.1 Å². The molecule has 1 atom stereocenters. The number of rotatable bonds is 2. The van der Waals surface area contributed by atoms with Crippen molar-refractivity contribution in [1.82, 2.24) is 0 Å². The standard InChI is InChI=1S/C28H23Cl4N3O2/c1-28(2)13-22-25(24(36)14-28)26(15-7-9-17(29)19(31)11-15)35(23-6-4-3-5-21(23)34-22)27(37)33-16-8-10-18(30)20(32)12-16/h3-12,26,34H,13-14H2,1-2H3,(H,33,37)/t26-/m1/s1. The maximum Gasteiger partial charge on any atom is 0.327 e.